The lowest BCUT2D eigenvalue weighted by Gasteiger charge is -2.11. The van der Waals surface area contributed by atoms with Gasteiger partial charge in [0, 0.05) is 12.0 Å². The Morgan fingerprint density at radius 3 is 2.52 bits per heavy atom. The van der Waals surface area contributed by atoms with Crippen molar-refractivity contribution in [2.75, 3.05) is 6.54 Å². The minimum absolute atomic E-state index is 0. The first-order valence-electron chi connectivity index (χ1n) is 8.30. The van der Waals surface area contributed by atoms with Gasteiger partial charge >= 0.3 is 0 Å². The Morgan fingerprint density at radius 2 is 1.92 bits per heavy atom. The average molecular weight is 457 g/mol. The number of nitrogens with zero attached hydrogens (tertiary/aromatic N) is 3. The van der Waals surface area contributed by atoms with Gasteiger partial charge in [-0.05, 0) is 25.0 Å². The van der Waals surface area contributed by atoms with Crippen LogP contribution < -0.4 is 10.6 Å². The molecule has 2 aromatic rings. The van der Waals surface area contributed by atoms with E-state index in [1.165, 1.54) is 11.1 Å². The zero-order valence-electron chi connectivity index (χ0n) is 15.6. The van der Waals surface area contributed by atoms with Crippen molar-refractivity contribution in [3.8, 4) is 0 Å². The number of nitrogens with one attached hydrogen (secondary N) is 2. The smallest absolute Gasteiger partial charge is 0.232 e. The number of benzene rings is 1. The van der Waals surface area contributed by atoms with Crippen LogP contribution in [0.4, 0.5) is 0 Å². The van der Waals surface area contributed by atoms with Gasteiger partial charge in [0.2, 0.25) is 5.89 Å². The predicted octanol–water partition coefficient (Wildman–Crippen LogP) is 3.55. The molecule has 7 heteroatoms. The molecule has 0 amide bonds. The van der Waals surface area contributed by atoms with Crippen molar-refractivity contribution >= 4 is 29.9 Å². The summed E-state index contributed by atoms with van der Waals surface area (Å²) in [5, 5.41) is 10.5. The molecule has 0 radical (unpaired) electrons. The number of aliphatic imine (C=N–C) groups is 1. The molecule has 0 saturated carbocycles. The molecule has 0 unspecified atom stereocenters. The number of halogens is 1. The Labute approximate surface area is 166 Å². The van der Waals surface area contributed by atoms with Gasteiger partial charge in [-0.3, -0.25) is 0 Å². The van der Waals surface area contributed by atoms with Crippen LogP contribution in [-0.4, -0.2) is 22.6 Å². The third-order valence-corrected chi connectivity index (χ3v) is 3.54. The topological polar surface area (TPSA) is 75.3 Å². The number of guanidine groups is 1. The van der Waals surface area contributed by atoms with E-state index in [4.69, 9.17) is 4.52 Å². The van der Waals surface area contributed by atoms with Crippen molar-refractivity contribution in [3.63, 3.8) is 0 Å². The number of aromatic nitrogens is 2. The Hall–Kier alpha value is -1.64. The number of rotatable bonds is 5. The first-order valence-corrected chi connectivity index (χ1v) is 8.30. The molecule has 0 fully saturated rings. The molecule has 0 bridgehead atoms. The number of aryl methyl sites for hydroxylation is 1. The molecule has 6 nitrogen and oxygen atoms in total. The molecule has 1 aromatic carbocycles. The van der Waals surface area contributed by atoms with Gasteiger partial charge in [-0.1, -0.05) is 50.2 Å². The summed E-state index contributed by atoms with van der Waals surface area (Å²) in [6.07, 6.45) is 0. The van der Waals surface area contributed by atoms with Crippen LogP contribution in [0.1, 0.15) is 50.5 Å². The van der Waals surface area contributed by atoms with Crippen LogP contribution in [0, 0.1) is 6.92 Å². The van der Waals surface area contributed by atoms with E-state index in [0.717, 1.165) is 12.5 Å². The van der Waals surface area contributed by atoms with Crippen LogP contribution in [-0.2, 0) is 18.5 Å². The normalized spacial score (nSPS) is 11.8. The summed E-state index contributed by atoms with van der Waals surface area (Å²) < 4.78 is 5.30. The maximum Gasteiger partial charge on any atom is 0.232 e. The van der Waals surface area contributed by atoms with E-state index in [2.05, 4.69) is 44.8 Å². The highest BCUT2D eigenvalue weighted by atomic mass is 127. The summed E-state index contributed by atoms with van der Waals surface area (Å²) in [7, 11) is 0. The molecule has 0 spiro atoms. The molecule has 0 saturated heterocycles. The molecular formula is C18H28IN5O. The fourth-order valence-electron chi connectivity index (χ4n) is 2.09. The highest BCUT2D eigenvalue weighted by molar-refractivity contribution is 14.0. The lowest BCUT2D eigenvalue weighted by atomic mass is 9.97. The highest BCUT2D eigenvalue weighted by Gasteiger charge is 2.21. The van der Waals surface area contributed by atoms with Crippen molar-refractivity contribution in [1.82, 2.24) is 20.8 Å². The first-order chi connectivity index (χ1) is 11.4. The van der Waals surface area contributed by atoms with Gasteiger partial charge in [-0.15, -0.1) is 24.0 Å². The molecule has 2 rings (SSSR count). The molecule has 0 atom stereocenters. The van der Waals surface area contributed by atoms with Gasteiger partial charge in [0.15, 0.2) is 11.8 Å². The second kappa shape index (κ2) is 9.74. The van der Waals surface area contributed by atoms with Crippen LogP contribution in [0.15, 0.2) is 33.8 Å². The summed E-state index contributed by atoms with van der Waals surface area (Å²) in [6.45, 7) is 12.2. The quantitative estimate of drug-likeness (QED) is 0.408. The summed E-state index contributed by atoms with van der Waals surface area (Å²) in [6, 6.07) is 8.26. The van der Waals surface area contributed by atoms with E-state index in [0.29, 0.717) is 24.8 Å². The summed E-state index contributed by atoms with van der Waals surface area (Å²) in [4.78, 5) is 9.05. The Morgan fingerprint density at radius 1 is 1.20 bits per heavy atom. The Balaban J connectivity index is 0.00000312. The average Bonchev–Trinajstić information content (AvgIpc) is 3.00. The van der Waals surface area contributed by atoms with Crippen molar-refractivity contribution in [3.05, 3.63) is 47.1 Å². The van der Waals surface area contributed by atoms with Gasteiger partial charge in [0.1, 0.15) is 0 Å². The standard InChI is InChI=1S/C18H27N5O.HI/c1-6-19-17(20-11-14-10-8-7-9-13(14)2)21-12-15-22-16(24-23-15)18(3,4)5;/h7-10H,6,11-12H2,1-5H3,(H2,19,20,21);1H. The zero-order valence-corrected chi connectivity index (χ0v) is 17.9. The van der Waals surface area contributed by atoms with Crippen molar-refractivity contribution < 1.29 is 4.52 Å². The summed E-state index contributed by atoms with van der Waals surface area (Å²) >= 11 is 0. The summed E-state index contributed by atoms with van der Waals surface area (Å²) in [5.41, 5.74) is 2.31. The fourth-order valence-corrected chi connectivity index (χ4v) is 2.09. The van der Waals surface area contributed by atoms with Crippen LogP contribution in [0.5, 0.6) is 0 Å². The summed E-state index contributed by atoms with van der Waals surface area (Å²) in [5.74, 6) is 2.01. The largest absolute Gasteiger partial charge is 0.357 e. The predicted molar refractivity (Wildman–Crippen MR) is 111 cm³/mol. The first kappa shape index (κ1) is 21.4. The third kappa shape index (κ3) is 6.64. The molecule has 0 aliphatic rings. The fraction of sp³-hybridized carbons (Fsp3) is 0.500. The van der Waals surface area contributed by atoms with Crippen molar-refractivity contribution in [1.29, 1.82) is 0 Å². The lowest BCUT2D eigenvalue weighted by molar-refractivity contribution is 0.318. The van der Waals surface area contributed by atoms with Crippen LogP contribution >= 0.6 is 24.0 Å². The lowest BCUT2D eigenvalue weighted by Crippen LogP contribution is -2.37. The second-order valence-corrected chi connectivity index (χ2v) is 6.74. The van der Waals surface area contributed by atoms with Gasteiger partial charge in [0.25, 0.3) is 0 Å². The van der Waals surface area contributed by atoms with E-state index < -0.39 is 0 Å². The van der Waals surface area contributed by atoms with Crippen molar-refractivity contribution in [2.45, 2.75) is 53.1 Å². The maximum absolute atomic E-state index is 5.30. The molecule has 25 heavy (non-hydrogen) atoms. The molecule has 0 aliphatic heterocycles. The maximum atomic E-state index is 5.30. The number of hydrogen-bond acceptors (Lipinski definition) is 4. The molecule has 0 aliphatic carbocycles. The SMILES string of the molecule is CCNC(=NCc1ccccc1C)NCc1noc(C(C)(C)C)n1.I. The zero-order chi connectivity index (χ0) is 17.6. The monoisotopic (exact) mass is 457 g/mol. The molecule has 2 N–H and O–H groups in total. The Bertz CT molecular complexity index is 691. The highest BCUT2D eigenvalue weighted by Crippen LogP contribution is 2.19. The van der Waals surface area contributed by atoms with E-state index in [-0.39, 0.29) is 29.4 Å². The van der Waals surface area contributed by atoms with E-state index in [1.54, 1.807) is 0 Å². The van der Waals surface area contributed by atoms with E-state index in [9.17, 15) is 0 Å². The van der Waals surface area contributed by atoms with Gasteiger partial charge in [0.05, 0.1) is 13.1 Å². The molecular weight excluding hydrogens is 429 g/mol. The molecule has 1 aromatic heterocycles. The van der Waals surface area contributed by atoms with Crippen LogP contribution in [0.25, 0.3) is 0 Å². The van der Waals surface area contributed by atoms with E-state index in [1.807, 2.05) is 39.8 Å². The van der Waals surface area contributed by atoms with Gasteiger partial charge in [-0.25, -0.2) is 4.99 Å². The van der Waals surface area contributed by atoms with Gasteiger partial charge < -0.3 is 15.2 Å². The van der Waals surface area contributed by atoms with E-state index >= 15 is 0 Å². The minimum atomic E-state index is -0.144. The molecule has 1 heterocycles. The van der Waals surface area contributed by atoms with Gasteiger partial charge in [-0.2, -0.15) is 4.98 Å². The Kier molecular flexibility index (Phi) is 8.34. The second-order valence-electron chi connectivity index (χ2n) is 6.74. The molecule has 138 valence electrons. The number of hydrogen-bond donors (Lipinski definition) is 2. The minimum Gasteiger partial charge on any atom is -0.357 e. The van der Waals surface area contributed by atoms with Crippen molar-refractivity contribution in [2.24, 2.45) is 4.99 Å². The van der Waals surface area contributed by atoms with Crippen LogP contribution in [0.2, 0.25) is 0 Å². The van der Waals surface area contributed by atoms with Crippen LogP contribution in [0.3, 0.4) is 0 Å². The third-order valence-electron chi connectivity index (χ3n) is 3.54.